The average molecular weight is 274 g/mol. The van der Waals surface area contributed by atoms with Crippen LogP contribution in [-0.4, -0.2) is 32.5 Å². The van der Waals surface area contributed by atoms with Gasteiger partial charge in [-0.2, -0.15) is 5.10 Å². The topological polar surface area (TPSA) is 63.0 Å². The van der Waals surface area contributed by atoms with Crippen molar-refractivity contribution in [2.45, 2.75) is 38.9 Å². The molecule has 5 nitrogen and oxygen atoms in total. The summed E-state index contributed by atoms with van der Waals surface area (Å²) in [4.78, 5) is 4.26. The molecule has 0 spiro atoms. The molecule has 2 aromatic rings. The third kappa shape index (κ3) is 3.88. The lowest BCUT2D eigenvalue weighted by Gasteiger charge is -2.17. The van der Waals surface area contributed by atoms with Crippen molar-refractivity contribution in [3.63, 3.8) is 0 Å². The molecule has 0 aliphatic carbocycles. The molecular weight excluding hydrogens is 252 g/mol. The number of benzene rings is 1. The van der Waals surface area contributed by atoms with E-state index in [0.717, 1.165) is 12.2 Å². The molecule has 0 saturated carbocycles. The first-order valence-corrected chi connectivity index (χ1v) is 6.97. The van der Waals surface area contributed by atoms with Crippen LogP contribution < -0.4 is 5.32 Å². The van der Waals surface area contributed by atoms with E-state index >= 15 is 0 Å². The third-order valence-electron chi connectivity index (χ3n) is 3.23. The number of nitrogens with zero attached hydrogens (tertiary/aromatic N) is 3. The average Bonchev–Trinajstić information content (AvgIpc) is 2.93. The summed E-state index contributed by atoms with van der Waals surface area (Å²) in [5, 5.41) is 17.0. The molecule has 0 radical (unpaired) electrons. The van der Waals surface area contributed by atoms with Crippen LogP contribution in [0.3, 0.4) is 0 Å². The molecule has 5 heteroatoms. The van der Waals surface area contributed by atoms with Crippen molar-refractivity contribution in [2.24, 2.45) is 0 Å². The van der Waals surface area contributed by atoms with Crippen LogP contribution in [-0.2, 0) is 13.0 Å². The number of nitrogens with one attached hydrogen (secondary N) is 1. The summed E-state index contributed by atoms with van der Waals surface area (Å²) in [5.74, 6) is 0.895. The van der Waals surface area contributed by atoms with E-state index in [4.69, 9.17) is 0 Å². The summed E-state index contributed by atoms with van der Waals surface area (Å²) in [6, 6.07) is 10.5. The van der Waals surface area contributed by atoms with Crippen LogP contribution in [0, 0.1) is 0 Å². The Bertz CT molecular complexity index is 510. The SMILES string of the molecule is CC(C)n1ncnc1CNC(CO)Cc1ccccc1. The van der Waals surface area contributed by atoms with Gasteiger partial charge in [0.1, 0.15) is 12.2 Å². The van der Waals surface area contributed by atoms with E-state index in [-0.39, 0.29) is 18.7 Å². The fraction of sp³-hybridized carbons (Fsp3) is 0.467. The maximum absolute atomic E-state index is 9.49. The molecular formula is C15H22N4O. The van der Waals surface area contributed by atoms with E-state index in [0.29, 0.717) is 6.54 Å². The summed E-state index contributed by atoms with van der Waals surface area (Å²) in [5.41, 5.74) is 1.21. The van der Waals surface area contributed by atoms with Crippen LogP contribution >= 0.6 is 0 Å². The summed E-state index contributed by atoms with van der Waals surface area (Å²) in [6.07, 6.45) is 2.37. The van der Waals surface area contributed by atoms with Gasteiger partial charge in [0, 0.05) is 12.1 Å². The van der Waals surface area contributed by atoms with Gasteiger partial charge in [-0.05, 0) is 25.8 Å². The highest BCUT2D eigenvalue weighted by Crippen LogP contribution is 2.07. The van der Waals surface area contributed by atoms with Gasteiger partial charge in [-0.1, -0.05) is 30.3 Å². The van der Waals surface area contributed by atoms with E-state index in [1.54, 1.807) is 6.33 Å². The summed E-state index contributed by atoms with van der Waals surface area (Å²) in [6.45, 7) is 4.86. The molecule has 0 amide bonds. The standard InChI is InChI=1S/C15H22N4O/c1-12(2)19-15(17-11-18-19)9-16-14(10-20)8-13-6-4-3-5-7-13/h3-7,11-12,14,16,20H,8-10H2,1-2H3. The zero-order chi connectivity index (χ0) is 14.4. The van der Waals surface area contributed by atoms with Gasteiger partial charge in [-0.3, -0.25) is 0 Å². The number of aromatic nitrogens is 3. The second-order valence-corrected chi connectivity index (χ2v) is 5.16. The minimum absolute atomic E-state index is 0.0229. The fourth-order valence-electron chi connectivity index (χ4n) is 2.17. The summed E-state index contributed by atoms with van der Waals surface area (Å²) >= 11 is 0. The van der Waals surface area contributed by atoms with E-state index in [1.165, 1.54) is 5.56 Å². The molecule has 108 valence electrons. The van der Waals surface area contributed by atoms with Gasteiger partial charge in [0.15, 0.2) is 0 Å². The van der Waals surface area contributed by atoms with E-state index < -0.39 is 0 Å². The second kappa shape index (κ2) is 7.17. The van der Waals surface area contributed by atoms with Crippen molar-refractivity contribution >= 4 is 0 Å². The maximum Gasteiger partial charge on any atom is 0.141 e. The Labute approximate surface area is 119 Å². The van der Waals surface area contributed by atoms with Gasteiger partial charge in [0.05, 0.1) is 13.2 Å². The van der Waals surface area contributed by atoms with Crippen molar-refractivity contribution in [1.29, 1.82) is 0 Å². The summed E-state index contributed by atoms with van der Waals surface area (Å²) in [7, 11) is 0. The number of hydrogen-bond acceptors (Lipinski definition) is 4. The van der Waals surface area contributed by atoms with E-state index in [9.17, 15) is 5.11 Å². The first-order valence-electron chi connectivity index (χ1n) is 6.97. The molecule has 0 saturated heterocycles. The van der Waals surface area contributed by atoms with Crippen LogP contribution in [0.2, 0.25) is 0 Å². The Morgan fingerprint density at radius 3 is 2.65 bits per heavy atom. The molecule has 20 heavy (non-hydrogen) atoms. The largest absolute Gasteiger partial charge is 0.395 e. The Morgan fingerprint density at radius 1 is 1.25 bits per heavy atom. The monoisotopic (exact) mass is 274 g/mol. The van der Waals surface area contributed by atoms with Crippen molar-refractivity contribution in [2.75, 3.05) is 6.61 Å². The van der Waals surface area contributed by atoms with Crippen LogP contribution in [0.5, 0.6) is 0 Å². The quantitative estimate of drug-likeness (QED) is 0.804. The Kier molecular flexibility index (Phi) is 5.26. The zero-order valence-electron chi connectivity index (χ0n) is 12.0. The normalized spacial score (nSPS) is 12.8. The molecule has 0 fully saturated rings. The molecule has 0 aliphatic heterocycles. The predicted molar refractivity (Wildman–Crippen MR) is 78.3 cm³/mol. The summed E-state index contributed by atoms with van der Waals surface area (Å²) < 4.78 is 1.89. The van der Waals surface area contributed by atoms with Gasteiger partial charge in [-0.15, -0.1) is 0 Å². The Morgan fingerprint density at radius 2 is 2.00 bits per heavy atom. The Hall–Kier alpha value is -1.72. The molecule has 1 atom stereocenters. The minimum atomic E-state index is 0.0229. The predicted octanol–water partition coefficient (Wildman–Crippen LogP) is 1.55. The molecule has 2 N–H and O–H groups in total. The molecule has 0 bridgehead atoms. The second-order valence-electron chi connectivity index (χ2n) is 5.16. The van der Waals surface area contributed by atoms with E-state index in [2.05, 4.69) is 41.4 Å². The van der Waals surface area contributed by atoms with Crippen molar-refractivity contribution < 1.29 is 5.11 Å². The number of aliphatic hydroxyl groups is 1. The van der Waals surface area contributed by atoms with Gasteiger partial charge in [0.2, 0.25) is 0 Å². The lowest BCUT2D eigenvalue weighted by atomic mass is 10.1. The molecule has 1 unspecified atom stereocenters. The van der Waals surface area contributed by atoms with E-state index in [1.807, 2.05) is 22.9 Å². The maximum atomic E-state index is 9.49. The van der Waals surface area contributed by atoms with Gasteiger partial charge in [-0.25, -0.2) is 9.67 Å². The minimum Gasteiger partial charge on any atom is -0.395 e. The van der Waals surface area contributed by atoms with Crippen molar-refractivity contribution in [3.8, 4) is 0 Å². The van der Waals surface area contributed by atoms with Crippen LogP contribution in [0.4, 0.5) is 0 Å². The first-order chi connectivity index (χ1) is 9.70. The molecule has 1 aromatic carbocycles. The van der Waals surface area contributed by atoms with Crippen molar-refractivity contribution in [1.82, 2.24) is 20.1 Å². The van der Waals surface area contributed by atoms with Gasteiger partial charge >= 0.3 is 0 Å². The highest BCUT2D eigenvalue weighted by molar-refractivity contribution is 5.15. The van der Waals surface area contributed by atoms with Crippen LogP contribution in [0.1, 0.15) is 31.3 Å². The number of rotatable bonds is 7. The third-order valence-corrected chi connectivity index (χ3v) is 3.23. The molecule has 1 heterocycles. The van der Waals surface area contributed by atoms with Crippen molar-refractivity contribution in [3.05, 3.63) is 48.0 Å². The number of hydrogen-bond donors (Lipinski definition) is 2. The molecule has 2 rings (SSSR count). The zero-order valence-corrected chi connectivity index (χ0v) is 12.0. The molecule has 0 aliphatic rings. The highest BCUT2D eigenvalue weighted by atomic mass is 16.3. The smallest absolute Gasteiger partial charge is 0.141 e. The first kappa shape index (κ1) is 14.7. The highest BCUT2D eigenvalue weighted by Gasteiger charge is 2.11. The Balaban J connectivity index is 1.92. The van der Waals surface area contributed by atoms with Crippen LogP contribution in [0.25, 0.3) is 0 Å². The van der Waals surface area contributed by atoms with Gasteiger partial charge < -0.3 is 10.4 Å². The van der Waals surface area contributed by atoms with Crippen LogP contribution in [0.15, 0.2) is 36.7 Å². The lowest BCUT2D eigenvalue weighted by Crippen LogP contribution is -2.35. The molecule has 1 aromatic heterocycles. The van der Waals surface area contributed by atoms with Gasteiger partial charge in [0.25, 0.3) is 0 Å². The fourth-order valence-corrected chi connectivity index (χ4v) is 2.17. The number of aliphatic hydroxyl groups excluding tert-OH is 1. The lowest BCUT2D eigenvalue weighted by molar-refractivity contribution is 0.239.